The maximum absolute atomic E-state index is 5.71. The van der Waals surface area contributed by atoms with Crippen LogP contribution < -0.4 is 4.90 Å². The van der Waals surface area contributed by atoms with Crippen molar-refractivity contribution in [3.05, 3.63) is 171 Å². The van der Waals surface area contributed by atoms with Crippen LogP contribution in [0.15, 0.2) is 144 Å². The Kier molecular flexibility index (Phi) is 10.0. The number of fused-ring (bicyclic) bond motifs is 3. The molecular weight excluding hydrogens is 739 g/mol. The standard InChI is InChI=1S/C47H53N8P2/c1-8-9-25-40-32(2)29-42-45(56(7)50-57(42)31-38-22-14-11-15-23-38)43-44(53(49-48-43)30-37-20-12-10-13-21-37)47-52-28-19-18-27-51-33(3)35(5)54(40)46(51)39-24-16-17-26-41(39)55(47)36(6)34(52)4/h8-17,20-26,46-47H,2,18-19,27-31H2,1,3-7H3/q+1/b9-8-,40-25+. The molecule has 9 rings (SSSR count). The smallest absolute Gasteiger partial charge is 0.151 e. The van der Waals surface area contributed by atoms with E-state index in [0.717, 1.165) is 61.2 Å². The zero-order valence-electron chi connectivity index (χ0n) is 34.1. The predicted molar refractivity (Wildman–Crippen MR) is 237 cm³/mol. The molecule has 0 amide bonds. The number of nitrogens with zero attached hydrogens (tertiary/aromatic N) is 8. The molecule has 4 aliphatic rings. The second-order valence-electron chi connectivity index (χ2n) is 15.8. The van der Waals surface area contributed by atoms with E-state index in [2.05, 4.69) is 169 Å². The van der Waals surface area contributed by atoms with Crippen molar-refractivity contribution < 1.29 is 0 Å². The molecule has 4 unspecified atom stereocenters. The minimum absolute atomic E-state index is 0.0428. The van der Waals surface area contributed by atoms with Crippen LogP contribution in [0.4, 0.5) is 5.69 Å². The van der Waals surface area contributed by atoms with Gasteiger partial charge in [0.2, 0.25) is 0 Å². The molecule has 0 N–H and O–H groups in total. The van der Waals surface area contributed by atoms with Crippen molar-refractivity contribution >= 4 is 21.1 Å². The van der Waals surface area contributed by atoms with Gasteiger partial charge >= 0.3 is 0 Å². The van der Waals surface area contributed by atoms with Gasteiger partial charge in [-0.1, -0.05) is 107 Å². The van der Waals surface area contributed by atoms with Crippen molar-refractivity contribution in [2.45, 2.75) is 78.9 Å². The van der Waals surface area contributed by atoms with Gasteiger partial charge in [0.05, 0.1) is 25.1 Å². The summed E-state index contributed by atoms with van der Waals surface area (Å²) < 4.78 is 7.92. The molecule has 4 atom stereocenters. The fourth-order valence-electron chi connectivity index (χ4n) is 9.43. The van der Waals surface area contributed by atoms with Crippen LogP contribution in [0.5, 0.6) is 0 Å². The summed E-state index contributed by atoms with van der Waals surface area (Å²) in [6.45, 7) is 21.2. The molecule has 0 saturated heterocycles. The maximum atomic E-state index is 5.71. The third kappa shape index (κ3) is 6.38. The molecule has 10 heteroatoms. The molecule has 0 saturated carbocycles. The normalized spacial score (nSPS) is 20.9. The highest BCUT2D eigenvalue weighted by molar-refractivity contribution is 7.61. The van der Waals surface area contributed by atoms with E-state index >= 15 is 0 Å². The predicted octanol–water partition coefficient (Wildman–Crippen LogP) is 11.5. The highest BCUT2D eigenvalue weighted by Gasteiger charge is 2.47. The molecule has 2 aromatic heterocycles. The minimum Gasteiger partial charge on any atom is -0.349 e. The van der Waals surface area contributed by atoms with Crippen molar-refractivity contribution in [1.29, 1.82) is 0 Å². The number of allylic oxidation sites excluding steroid dienone is 8. The van der Waals surface area contributed by atoms with E-state index in [1.54, 1.807) is 0 Å². The van der Waals surface area contributed by atoms with Crippen LogP contribution >= 0.6 is 15.4 Å². The van der Waals surface area contributed by atoms with Crippen LogP contribution in [0, 0.1) is 0 Å². The van der Waals surface area contributed by atoms with Crippen molar-refractivity contribution in [2.24, 2.45) is 6.66 Å². The molecule has 4 aliphatic heterocycles. The summed E-state index contributed by atoms with van der Waals surface area (Å²) in [4.78, 5) is 10.5. The van der Waals surface area contributed by atoms with E-state index in [0.29, 0.717) is 6.54 Å². The molecule has 6 heterocycles. The summed E-state index contributed by atoms with van der Waals surface area (Å²) in [5.41, 5.74) is 14.6. The molecule has 0 aliphatic carbocycles. The number of anilines is 1. The SMILES string of the molecule is C=C1Cc2c([p+](C)np2Cc2ccccc2)-c2nnn(Cc3ccccc3)c2C2N3CCCCN4C(C)=C(C)N(/C1=C/C=C\C)C4c1ccccc1N2C(C)=C3C. The lowest BCUT2D eigenvalue weighted by Crippen LogP contribution is -2.37. The molecule has 0 fully saturated rings. The number of hydrogen-bond acceptors (Lipinski definition) is 7. The Morgan fingerprint density at radius 2 is 1.42 bits per heavy atom. The first kappa shape index (κ1) is 37.4. The molecule has 0 radical (unpaired) electrons. The van der Waals surface area contributed by atoms with E-state index in [4.69, 9.17) is 21.4 Å². The maximum Gasteiger partial charge on any atom is 0.151 e. The summed E-state index contributed by atoms with van der Waals surface area (Å²) in [7, 11) is -1.75. The van der Waals surface area contributed by atoms with Gasteiger partial charge in [0.1, 0.15) is 43.5 Å². The largest absolute Gasteiger partial charge is 0.349 e. The van der Waals surface area contributed by atoms with Gasteiger partial charge in [-0.15, -0.1) is 5.10 Å². The molecule has 0 spiro atoms. The van der Waals surface area contributed by atoms with E-state index in [1.807, 2.05) is 0 Å². The van der Waals surface area contributed by atoms with Gasteiger partial charge < -0.3 is 19.6 Å². The summed E-state index contributed by atoms with van der Waals surface area (Å²) in [6.07, 6.45) is 10.2. The molecule has 3 aromatic carbocycles. The topological polar surface area (TPSA) is 56.6 Å². The third-order valence-corrected chi connectivity index (χ3v) is 17.3. The van der Waals surface area contributed by atoms with Gasteiger partial charge in [-0.3, -0.25) is 0 Å². The van der Waals surface area contributed by atoms with Crippen molar-refractivity contribution in [1.82, 2.24) is 34.2 Å². The van der Waals surface area contributed by atoms with E-state index in [1.165, 1.54) is 55.8 Å². The van der Waals surface area contributed by atoms with Crippen molar-refractivity contribution in [3.8, 4) is 11.0 Å². The lowest BCUT2D eigenvalue weighted by atomic mass is 10.0. The number of rotatable bonds is 5. The summed E-state index contributed by atoms with van der Waals surface area (Å²) >= 11 is 0. The Labute approximate surface area is 340 Å². The lowest BCUT2D eigenvalue weighted by Gasteiger charge is -2.40. The number of aryl methyl sites for hydroxylation is 1. The van der Waals surface area contributed by atoms with Crippen LogP contribution in [0.25, 0.3) is 11.0 Å². The van der Waals surface area contributed by atoms with Crippen LogP contribution in [0.1, 0.15) is 87.5 Å². The van der Waals surface area contributed by atoms with Crippen molar-refractivity contribution in [3.63, 3.8) is 0 Å². The number of hydrogen-bond donors (Lipinski definition) is 0. The molecule has 57 heavy (non-hydrogen) atoms. The van der Waals surface area contributed by atoms with Gasteiger partial charge in [0, 0.05) is 53.6 Å². The number of benzene rings is 3. The van der Waals surface area contributed by atoms with Crippen LogP contribution in [0.3, 0.4) is 0 Å². The van der Waals surface area contributed by atoms with Crippen LogP contribution in [0.2, 0.25) is 0 Å². The Balaban J connectivity index is 1.39. The number of aromatic nitrogens is 4. The molecule has 8 nitrogen and oxygen atoms in total. The van der Waals surface area contributed by atoms with Crippen LogP contribution in [-0.2, 0) is 25.8 Å². The highest BCUT2D eigenvalue weighted by Crippen LogP contribution is 2.57. The molecule has 5 aromatic rings. The molecule has 290 valence electrons. The molecule has 4 bridgehead atoms. The average Bonchev–Trinajstić information content (AvgIpc) is 3.89. The fourth-order valence-corrected chi connectivity index (χ4v) is 14.9. The Morgan fingerprint density at radius 3 is 2.12 bits per heavy atom. The van der Waals surface area contributed by atoms with E-state index in [-0.39, 0.29) is 12.3 Å². The van der Waals surface area contributed by atoms with Crippen molar-refractivity contribution in [2.75, 3.05) is 18.0 Å². The first-order valence-electron chi connectivity index (χ1n) is 20.3. The Hall–Kier alpha value is -5.16. The summed E-state index contributed by atoms with van der Waals surface area (Å²) in [5.74, 6) is 0. The summed E-state index contributed by atoms with van der Waals surface area (Å²) in [5, 5.41) is 13.1. The van der Waals surface area contributed by atoms with Crippen LogP contribution in [-0.4, -0.2) is 47.3 Å². The van der Waals surface area contributed by atoms with Gasteiger partial charge in [0.25, 0.3) is 0 Å². The zero-order chi connectivity index (χ0) is 39.4. The first-order chi connectivity index (χ1) is 27.8. The number of para-hydroxylation sites is 1. The second-order valence-corrected chi connectivity index (χ2v) is 19.6. The van der Waals surface area contributed by atoms with Gasteiger partial charge in [-0.05, 0) is 76.3 Å². The van der Waals surface area contributed by atoms with E-state index < -0.39 is 15.4 Å². The lowest BCUT2D eigenvalue weighted by molar-refractivity contribution is 0.167. The Bertz CT molecular complexity index is 2470. The third-order valence-electron chi connectivity index (χ3n) is 12.4. The quantitative estimate of drug-likeness (QED) is 0.176. The zero-order valence-corrected chi connectivity index (χ0v) is 35.9. The fraction of sp³-hybridized carbons (Fsp3) is 0.319. The average molecular weight is 792 g/mol. The highest BCUT2D eigenvalue weighted by atomic mass is 31.1. The molecular formula is C47H53N8P2+. The Morgan fingerprint density at radius 1 is 0.789 bits per heavy atom. The minimum atomic E-state index is -0.883. The second kappa shape index (κ2) is 15.3. The summed E-state index contributed by atoms with van der Waals surface area (Å²) in [6, 6.07) is 30.8. The van der Waals surface area contributed by atoms with Gasteiger partial charge in [-0.2, -0.15) is 0 Å². The van der Waals surface area contributed by atoms with Gasteiger partial charge in [0.15, 0.2) is 6.17 Å². The monoisotopic (exact) mass is 791 g/mol. The first-order valence-corrected chi connectivity index (χ1v) is 23.5. The van der Waals surface area contributed by atoms with E-state index in [9.17, 15) is 0 Å². The van der Waals surface area contributed by atoms with Gasteiger partial charge in [-0.25, -0.2) is 4.68 Å².